The quantitative estimate of drug-likeness (QED) is 0.817. The van der Waals surface area contributed by atoms with Crippen LogP contribution in [0.25, 0.3) is 11.3 Å². The van der Waals surface area contributed by atoms with E-state index in [2.05, 4.69) is 21.0 Å². The number of halogens is 1. The summed E-state index contributed by atoms with van der Waals surface area (Å²) in [4.78, 5) is 0. The fourth-order valence-corrected chi connectivity index (χ4v) is 4.45. The predicted molar refractivity (Wildman–Crippen MR) is 101 cm³/mol. The summed E-state index contributed by atoms with van der Waals surface area (Å²) >= 11 is 0. The van der Waals surface area contributed by atoms with Gasteiger partial charge in [0, 0.05) is 17.5 Å². The summed E-state index contributed by atoms with van der Waals surface area (Å²) in [6.45, 7) is 3.32. The number of benzene rings is 1. The molecule has 0 unspecified atom stereocenters. The summed E-state index contributed by atoms with van der Waals surface area (Å²) in [5.41, 5.74) is 2.20. The first kappa shape index (κ1) is 19.5. The van der Waals surface area contributed by atoms with Gasteiger partial charge in [0.15, 0.2) is 0 Å². The van der Waals surface area contributed by atoms with Crippen molar-refractivity contribution in [2.75, 3.05) is 0 Å². The van der Waals surface area contributed by atoms with Crippen molar-refractivity contribution in [2.45, 2.75) is 56.7 Å². The first-order valence-electron chi connectivity index (χ1n) is 9.07. The van der Waals surface area contributed by atoms with Crippen LogP contribution in [0.15, 0.2) is 24.3 Å². The van der Waals surface area contributed by atoms with Gasteiger partial charge in [-0.1, -0.05) is 12.1 Å². The number of hydrogen-bond donors (Lipinski definition) is 2. The third-order valence-corrected chi connectivity index (χ3v) is 6.99. The van der Waals surface area contributed by atoms with Crippen molar-refractivity contribution in [2.24, 2.45) is 0 Å². The molecule has 8 heteroatoms. The van der Waals surface area contributed by atoms with Gasteiger partial charge < -0.3 is 0 Å². The van der Waals surface area contributed by atoms with Gasteiger partial charge in [0.2, 0.25) is 10.0 Å². The van der Waals surface area contributed by atoms with Crippen LogP contribution < -0.4 is 4.72 Å². The number of nitrogens with one attached hydrogen (secondary N) is 2. The molecule has 1 fully saturated rings. The number of aromatic nitrogens is 2. The highest BCUT2D eigenvalue weighted by molar-refractivity contribution is 7.90. The Labute approximate surface area is 158 Å². The number of aromatic amines is 1. The van der Waals surface area contributed by atoms with Gasteiger partial charge in [-0.05, 0) is 51.7 Å². The van der Waals surface area contributed by atoms with Crippen LogP contribution in [-0.2, 0) is 10.0 Å². The standard InChI is InChI=1S/C19H23FN4O2S/c1-12(2)27(25,26)24-16-8-6-13(7-9-16)18-17(11-21)19(23-22-18)14-4-3-5-15(20)10-14/h3-5,10,12-13,16,24H,6-9H2,1-2H3,(H,22,23). The second-order valence-electron chi connectivity index (χ2n) is 7.24. The number of nitrogens with zero attached hydrogens (tertiary/aromatic N) is 2. The molecule has 1 saturated carbocycles. The zero-order valence-electron chi connectivity index (χ0n) is 15.4. The number of H-pyrrole nitrogens is 1. The fourth-order valence-electron chi connectivity index (χ4n) is 3.48. The Bertz CT molecular complexity index is 954. The summed E-state index contributed by atoms with van der Waals surface area (Å²) in [5.74, 6) is -0.270. The van der Waals surface area contributed by atoms with Crippen molar-refractivity contribution >= 4 is 10.0 Å². The molecule has 1 heterocycles. The van der Waals surface area contributed by atoms with Gasteiger partial charge in [0.1, 0.15) is 23.1 Å². The van der Waals surface area contributed by atoms with Gasteiger partial charge in [0.25, 0.3) is 0 Å². The van der Waals surface area contributed by atoms with Gasteiger partial charge in [0.05, 0.1) is 10.9 Å². The predicted octanol–water partition coefficient (Wildman–Crippen LogP) is 3.44. The normalized spacial score (nSPS) is 20.6. The van der Waals surface area contributed by atoms with Crippen molar-refractivity contribution in [1.29, 1.82) is 5.26 Å². The maximum atomic E-state index is 13.5. The average Bonchev–Trinajstić information content (AvgIpc) is 3.06. The van der Waals surface area contributed by atoms with Crippen molar-refractivity contribution < 1.29 is 12.8 Å². The zero-order chi connectivity index (χ0) is 19.6. The summed E-state index contributed by atoms with van der Waals surface area (Å²) in [6, 6.07) is 8.14. The lowest BCUT2D eigenvalue weighted by atomic mass is 9.83. The monoisotopic (exact) mass is 390 g/mol. The molecule has 144 valence electrons. The van der Waals surface area contributed by atoms with Crippen LogP contribution in [-0.4, -0.2) is 29.9 Å². The first-order valence-corrected chi connectivity index (χ1v) is 10.6. The van der Waals surface area contributed by atoms with Crippen LogP contribution in [0.4, 0.5) is 4.39 Å². The molecular formula is C19H23FN4O2S. The third kappa shape index (κ3) is 4.20. The van der Waals surface area contributed by atoms with E-state index in [-0.39, 0.29) is 17.8 Å². The molecule has 0 atom stereocenters. The lowest BCUT2D eigenvalue weighted by Crippen LogP contribution is -2.40. The van der Waals surface area contributed by atoms with E-state index >= 15 is 0 Å². The van der Waals surface area contributed by atoms with E-state index in [4.69, 9.17) is 0 Å². The van der Waals surface area contributed by atoms with E-state index in [0.717, 1.165) is 18.5 Å². The number of rotatable bonds is 5. The highest BCUT2D eigenvalue weighted by Crippen LogP contribution is 2.36. The van der Waals surface area contributed by atoms with E-state index in [9.17, 15) is 18.1 Å². The molecule has 0 bridgehead atoms. The zero-order valence-corrected chi connectivity index (χ0v) is 16.2. The van der Waals surface area contributed by atoms with Gasteiger partial charge in [-0.3, -0.25) is 5.10 Å². The van der Waals surface area contributed by atoms with Gasteiger partial charge in [-0.25, -0.2) is 17.5 Å². The molecule has 1 aliphatic carbocycles. The van der Waals surface area contributed by atoms with Crippen molar-refractivity contribution in [3.05, 3.63) is 41.3 Å². The molecular weight excluding hydrogens is 367 g/mol. The van der Waals surface area contributed by atoms with Crippen molar-refractivity contribution in [3.63, 3.8) is 0 Å². The summed E-state index contributed by atoms with van der Waals surface area (Å²) in [5, 5.41) is 16.4. The molecule has 2 N–H and O–H groups in total. The Kier molecular flexibility index (Phi) is 5.63. The summed E-state index contributed by atoms with van der Waals surface area (Å²) < 4.78 is 40.4. The maximum absolute atomic E-state index is 13.5. The van der Waals surface area contributed by atoms with Crippen LogP contribution in [0.2, 0.25) is 0 Å². The molecule has 1 aromatic carbocycles. The molecule has 6 nitrogen and oxygen atoms in total. The summed E-state index contributed by atoms with van der Waals surface area (Å²) in [7, 11) is -3.29. The minimum Gasteiger partial charge on any atom is -0.280 e. The molecule has 0 spiro atoms. The topological polar surface area (TPSA) is 98.6 Å². The Morgan fingerprint density at radius 3 is 2.59 bits per heavy atom. The van der Waals surface area contributed by atoms with Crippen LogP contribution in [0.1, 0.15) is 56.7 Å². The first-order chi connectivity index (χ1) is 12.8. The Hall–Kier alpha value is -2.24. The second-order valence-corrected chi connectivity index (χ2v) is 9.51. The molecule has 0 amide bonds. The Balaban J connectivity index is 1.75. The molecule has 0 radical (unpaired) electrons. The SMILES string of the molecule is CC(C)S(=O)(=O)NC1CCC(c2[nH]nc(-c3cccc(F)c3)c2C#N)CC1. The minimum atomic E-state index is -3.29. The highest BCUT2D eigenvalue weighted by atomic mass is 32.2. The van der Waals surface area contributed by atoms with Gasteiger partial charge >= 0.3 is 0 Å². The molecule has 1 aromatic heterocycles. The molecule has 3 rings (SSSR count). The van der Waals surface area contributed by atoms with Crippen molar-refractivity contribution in [3.8, 4) is 17.3 Å². The average molecular weight is 390 g/mol. The van der Waals surface area contributed by atoms with Crippen LogP contribution >= 0.6 is 0 Å². The Morgan fingerprint density at radius 2 is 2.00 bits per heavy atom. The number of sulfonamides is 1. The second kappa shape index (κ2) is 7.79. The fraction of sp³-hybridized carbons (Fsp3) is 0.474. The van der Waals surface area contributed by atoms with E-state index in [1.165, 1.54) is 12.1 Å². The minimum absolute atomic E-state index is 0.0789. The maximum Gasteiger partial charge on any atom is 0.214 e. The largest absolute Gasteiger partial charge is 0.280 e. The van der Waals surface area contributed by atoms with Gasteiger partial charge in [-0.15, -0.1) is 0 Å². The summed E-state index contributed by atoms with van der Waals surface area (Å²) in [6.07, 6.45) is 2.92. The molecule has 1 aliphatic rings. The van der Waals surface area contributed by atoms with E-state index < -0.39 is 15.3 Å². The highest BCUT2D eigenvalue weighted by Gasteiger charge is 2.30. The number of nitriles is 1. The van der Waals surface area contributed by atoms with E-state index in [0.29, 0.717) is 29.7 Å². The van der Waals surface area contributed by atoms with Crippen LogP contribution in [0.5, 0.6) is 0 Å². The van der Waals surface area contributed by atoms with Crippen LogP contribution in [0, 0.1) is 17.1 Å². The molecule has 2 aromatic rings. The van der Waals surface area contributed by atoms with Gasteiger partial charge in [-0.2, -0.15) is 10.4 Å². The Morgan fingerprint density at radius 1 is 1.30 bits per heavy atom. The van der Waals surface area contributed by atoms with Crippen molar-refractivity contribution in [1.82, 2.24) is 14.9 Å². The lowest BCUT2D eigenvalue weighted by Gasteiger charge is -2.29. The molecule has 0 aliphatic heterocycles. The van der Waals surface area contributed by atoms with E-state index in [1.54, 1.807) is 26.0 Å². The smallest absolute Gasteiger partial charge is 0.214 e. The molecule has 27 heavy (non-hydrogen) atoms. The van der Waals surface area contributed by atoms with E-state index in [1.807, 2.05) is 0 Å². The number of hydrogen-bond acceptors (Lipinski definition) is 4. The molecule has 0 saturated heterocycles. The van der Waals surface area contributed by atoms with Crippen LogP contribution in [0.3, 0.4) is 0 Å². The lowest BCUT2D eigenvalue weighted by molar-refractivity contribution is 0.368. The third-order valence-electron chi connectivity index (χ3n) is 5.09.